The predicted molar refractivity (Wildman–Crippen MR) is 300 cm³/mol. The Morgan fingerprint density at radius 3 is 1.22 bits per heavy atom. The van der Waals surface area contributed by atoms with Crippen LogP contribution in [0.1, 0.15) is 138 Å². The van der Waals surface area contributed by atoms with Gasteiger partial charge in [0.1, 0.15) is 18.1 Å². The van der Waals surface area contributed by atoms with Crippen LogP contribution >= 0.6 is 0 Å². The molecule has 6 amide bonds. The highest BCUT2D eigenvalue weighted by atomic mass is 16.2. The molecule has 0 radical (unpaired) electrons. The van der Waals surface area contributed by atoms with Crippen molar-refractivity contribution in [2.75, 3.05) is 13.1 Å². The van der Waals surface area contributed by atoms with Crippen molar-refractivity contribution in [2.24, 2.45) is 17.8 Å². The summed E-state index contributed by atoms with van der Waals surface area (Å²) in [5.74, 6) is -5.24. The molecule has 0 spiro atoms. The van der Waals surface area contributed by atoms with Gasteiger partial charge in [0.25, 0.3) is 0 Å². The lowest BCUT2D eigenvalue weighted by Crippen LogP contribution is -2.54. The fourth-order valence-corrected chi connectivity index (χ4v) is 8.87. The molecular weight excluding hydrogens is 901 g/mol. The zero-order valence-corrected chi connectivity index (χ0v) is 42.5. The van der Waals surface area contributed by atoms with Gasteiger partial charge in [0, 0.05) is 61.5 Å². The molecule has 1 aliphatic carbocycles. The number of carbonyl (C=O) groups is 6. The Hall–Kier alpha value is -7.10. The highest BCUT2D eigenvalue weighted by molar-refractivity contribution is 5.93. The van der Waals surface area contributed by atoms with Crippen molar-refractivity contribution in [1.29, 1.82) is 0 Å². The summed E-state index contributed by atoms with van der Waals surface area (Å²) in [4.78, 5) is 85.2. The third-order valence-corrected chi connectivity index (χ3v) is 12.9. The van der Waals surface area contributed by atoms with E-state index >= 15 is 0 Å². The highest BCUT2D eigenvalue weighted by Gasteiger charge is 2.41. The van der Waals surface area contributed by atoms with Crippen LogP contribution in [0.25, 0.3) is 0 Å². The number of hydrogen-bond donors (Lipinski definition) is 6. The first-order valence-electron chi connectivity index (χ1n) is 26.1. The molecule has 1 aliphatic rings. The molecule has 398 valence electrons. The molecule has 6 N–H and O–H groups in total. The van der Waals surface area contributed by atoms with E-state index in [9.17, 15) is 28.8 Å². The van der Waals surface area contributed by atoms with Crippen molar-refractivity contribution in [3.05, 3.63) is 155 Å². The number of amides is 6. The second kappa shape index (κ2) is 34.3. The van der Waals surface area contributed by atoms with Gasteiger partial charge in [0.2, 0.25) is 35.4 Å². The number of unbranched alkanes of at least 4 members (excludes halogenated alkanes) is 10. The van der Waals surface area contributed by atoms with E-state index in [2.05, 4.69) is 86.7 Å². The molecule has 0 saturated heterocycles. The lowest BCUT2D eigenvalue weighted by molar-refractivity contribution is -0.139. The van der Waals surface area contributed by atoms with Crippen LogP contribution in [-0.4, -0.2) is 66.7 Å². The van der Waals surface area contributed by atoms with Gasteiger partial charge in [0.05, 0.1) is 6.20 Å². The minimum absolute atomic E-state index is 0. The van der Waals surface area contributed by atoms with Crippen LogP contribution < -0.4 is 31.9 Å². The number of benzene rings is 3. The quantitative estimate of drug-likeness (QED) is 0.0286. The van der Waals surface area contributed by atoms with Crippen molar-refractivity contribution in [1.82, 2.24) is 31.9 Å². The average Bonchev–Trinajstić information content (AvgIpc) is 3.40. The van der Waals surface area contributed by atoms with Crippen LogP contribution in [0, 0.1) is 17.8 Å². The van der Waals surface area contributed by atoms with Gasteiger partial charge in [-0.3, -0.25) is 28.8 Å². The van der Waals surface area contributed by atoms with E-state index in [-0.39, 0.29) is 61.8 Å². The van der Waals surface area contributed by atoms with Gasteiger partial charge in [-0.2, -0.15) is 0 Å². The Morgan fingerprint density at radius 2 is 0.847 bits per heavy atom. The highest BCUT2D eigenvalue weighted by Crippen LogP contribution is 2.35. The molecule has 4 rings (SSSR count). The van der Waals surface area contributed by atoms with Crippen molar-refractivity contribution in [3.63, 3.8) is 0 Å². The normalized spacial score (nSPS) is 15.9. The lowest BCUT2D eigenvalue weighted by atomic mass is 9.73. The Labute approximate surface area is 439 Å². The standard InChI is InChI=1S/C60H76N6O6.8H2/c1-4-7-10-13-16-28-37-61-58(70)52(40-46-31-22-19-23-32-46)64-55(67)49-43-50(56(68)65-53(41-47-33-24-20-25-34-47)59(71)62-38-29-17-14-11-8-5-2)45-51(44-49)57(69)66-54(42-48-35-26-21-27-36-48)60(72)63-39-30-18-15-12-9-6-3;;;;;;;;/h19-27,31-37,49-54H,1,5-6,8-9,11-12,14-15,17-18,29-30,38-45H2,2-3H3,(H,61,70)(H,62,71)(H,63,72)(H,64,67)(H,65,68)(H,66,69);8*1H/t49?,50-,51+,52?,53-,54-;;;;;;;;/m0......../s1. The van der Waals surface area contributed by atoms with E-state index in [4.69, 9.17) is 0 Å². The first kappa shape index (κ1) is 57.5. The molecule has 3 aromatic carbocycles. The molecule has 12 heteroatoms. The molecule has 72 heavy (non-hydrogen) atoms. The maximum absolute atomic E-state index is 14.6. The molecule has 1 fully saturated rings. The SMILES string of the molecule is C=C=C=C=C=C=C=CNC(=O)C(Cc1ccccc1)NC(=O)C1C[C@@H](C(=O)N[C@@H](Cc2ccccc2)C(=O)NCCCCCCCC)C[C@@H](C(=O)N[C@@H](Cc2ccccc2)C(=O)NCCCCCCCC)C1.[HH].[HH].[HH].[HH].[HH].[HH].[HH].[HH]. The topological polar surface area (TPSA) is 175 Å². The van der Waals surface area contributed by atoms with Crippen LogP contribution in [-0.2, 0) is 48.0 Å². The molecule has 0 heterocycles. The van der Waals surface area contributed by atoms with E-state index in [1.165, 1.54) is 19.0 Å². The van der Waals surface area contributed by atoms with Gasteiger partial charge in [-0.1, -0.05) is 175 Å². The largest absolute Gasteiger partial charge is 0.354 e. The maximum Gasteiger partial charge on any atom is 0.247 e. The summed E-state index contributed by atoms with van der Waals surface area (Å²) in [6.45, 7) is 8.69. The third-order valence-electron chi connectivity index (χ3n) is 12.9. The van der Waals surface area contributed by atoms with E-state index < -0.39 is 59.5 Å². The monoisotopic (exact) mass is 993 g/mol. The summed E-state index contributed by atoms with van der Waals surface area (Å²) < 4.78 is 0. The Kier molecular flexibility index (Phi) is 27.4. The van der Waals surface area contributed by atoms with Crippen LogP contribution in [0.15, 0.2) is 138 Å². The predicted octanol–water partition coefficient (Wildman–Crippen LogP) is 10.3. The van der Waals surface area contributed by atoms with Gasteiger partial charge in [-0.05, 0) is 84.0 Å². The van der Waals surface area contributed by atoms with Crippen molar-refractivity contribution in [3.8, 4) is 0 Å². The molecule has 0 bridgehead atoms. The molecule has 3 aromatic rings. The molecule has 0 aromatic heterocycles. The second-order valence-electron chi connectivity index (χ2n) is 18.6. The number of hydrogen-bond acceptors (Lipinski definition) is 6. The van der Waals surface area contributed by atoms with E-state index in [1.54, 1.807) is 0 Å². The van der Waals surface area contributed by atoms with Crippen LogP contribution in [0.2, 0.25) is 0 Å². The maximum atomic E-state index is 14.6. The molecular formula is C60H92N6O6. The van der Waals surface area contributed by atoms with Crippen molar-refractivity contribution in [2.45, 2.75) is 148 Å². The first-order chi connectivity index (χ1) is 35.1. The molecule has 1 saturated carbocycles. The minimum atomic E-state index is -1.06. The number of nitrogens with one attached hydrogen (secondary N) is 6. The van der Waals surface area contributed by atoms with Crippen LogP contribution in [0.3, 0.4) is 0 Å². The zero-order chi connectivity index (χ0) is 51.6. The molecule has 0 aliphatic heterocycles. The van der Waals surface area contributed by atoms with Gasteiger partial charge in [-0.15, -0.1) is 0 Å². The summed E-state index contributed by atoms with van der Waals surface area (Å²) in [7, 11) is 0. The molecule has 12 nitrogen and oxygen atoms in total. The van der Waals surface area contributed by atoms with E-state index in [0.717, 1.165) is 80.9 Å². The van der Waals surface area contributed by atoms with E-state index in [1.807, 2.05) is 91.0 Å². The van der Waals surface area contributed by atoms with Crippen molar-refractivity contribution >= 4 is 35.4 Å². The third kappa shape index (κ3) is 22.3. The number of carbonyl (C=O) groups excluding carboxylic acids is 6. The smallest absolute Gasteiger partial charge is 0.247 e. The van der Waals surface area contributed by atoms with Gasteiger partial charge >= 0.3 is 0 Å². The van der Waals surface area contributed by atoms with Crippen LogP contribution in [0.4, 0.5) is 0 Å². The summed E-state index contributed by atoms with van der Waals surface area (Å²) in [6, 6.07) is 25.2. The fourth-order valence-electron chi connectivity index (χ4n) is 8.87. The average molecular weight is 993 g/mol. The van der Waals surface area contributed by atoms with Gasteiger partial charge < -0.3 is 31.9 Å². The van der Waals surface area contributed by atoms with Crippen molar-refractivity contribution < 1.29 is 40.2 Å². The minimum Gasteiger partial charge on any atom is -0.354 e. The summed E-state index contributed by atoms with van der Waals surface area (Å²) in [5, 5.41) is 17.7. The lowest BCUT2D eigenvalue weighted by Gasteiger charge is -2.35. The fraction of sp³-hybridized carbons (Fsp3) is 0.467. The second-order valence-corrected chi connectivity index (χ2v) is 18.6. The Bertz CT molecular complexity index is 2340. The zero-order valence-electron chi connectivity index (χ0n) is 42.5. The number of rotatable bonds is 30. The van der Waals surface area contributed by atoms with Gasteiger partial charge in [-0.25, -0.2) is 0 Å². The summed E-state index contributed by atoms with van der Waals surface area (Å²) in [5.41, 5.74) is 17.7. The Balaban J connectivity index is -0.00000234. The summed E-state index contributed by atoms with van der Waals surface area (Å²) in [6.07, 6.45) is 14.8. The Morgan fingerprint density at radius 1 is 0.500 bits per heavy atom. The first-order valence-corrected chi connectivity index (χ1v) is 26.1. The van der Waals surface area contributed by atoms with E-state index in [0.29, 0.717) is 13.1 Å². The van der Waals surface area contributed by atoms with Crippen LogP contribution in [0.5, 0.6) is 0 Å². The molecule has 2 unspecified atom stereocenters. The summed E-state index contributed by atoms with van der Waals surface area (Å²) >= 11 is 0. The molecule has 6 atom stereocenters. The van der Waals surface area contributed by atoms with Gasteiger partial charge in [0.15, 0.2) is 0 Å².